The lowest BCUT2D eigenvalue weighted by molar-refractivity contribution is -0.137. The van der Waals surface area contributed by atoms with Gasteiger partial charge < -0.3 is 11.5 Å². The minimum atomic E-state index is -4.42. The topological polar surface area (TPSA) is 82.8 Å². The number of anilines is 2. The first-order chi connectivity index (χ1) is 7.88. The zero-order valence-electron chi connectivity index (χ0n) is 8.44. The van der Waals surface area contributed by atoms with Crippen molar-refractivity contribution in [3.63, 3.8) is 0 Å². The molecule has 2 rings (SSSR count). The van der Waals surface area contributed by atoms with Gasteiger partial charge in [0.1, 0.15) is 11.6 Å². The Bertz CT molecular complexity index is 529. The van der Waals surface area contributed by atoms with Crippen LogP contribution in [0.4, 0.5) is 24.8 Å². The molecule has 90 valence electrons. The standard InChI is InChI=1S/C9H8F3N5/c10-9(11,12)5-1-2-8(15-4-5)17-7(14)3-6(13)16-17/h1-4H,14H2,(H2,13,16). The number of halogens is 3. The Kier molecular flexibility index (Phi) is 2.41. The Hall–Kier alpha value is -2.25. The molecule has 0 saturated carbocycles. The van der Waals surface area contributed by atoms with Gasteiger partial charge in [0.15, 0.2) is 5.82 Å². The highest BCUT2D eigenvalue weighted by Gasteiger charge is 2.30. The fourth-order valence-electron chi connectivity index (χ4n) is 1.28. The lowest BCUT2D eigenvalue weighted by Gasteiger charge is -2.07. The van der Waals surface area contributed by atoms with Gasteiger partial charge in [-0.15, -0.1) is 5.10 Å². The summed E-state index contributed by atoms with van der Waals surface area (Å²) in [5.74, 6) is 0.547. The van der Waals surface area contributed by atoms with E-state index in [0.29, 0.717) is 6.20 Å². The third-order valence-electron chi connectivity index (χ3n) is 2.05. The molecule has 0 amide bonds. The van der Waals surface area contributed by atoms with Crippen molar-refractivity contribution < 1.29 is 13.2 Å². The monoisotopic (exact) mass is 243 g/mol. The number of rotatable bonds is 1. The minimum absolute atomic E-state index is 0.171. The van der Waals surface area contributed by atoms with E-state index in [1.54, 1.807) is 0 Å². The molecule has 0 unspecified atom stereocenters. The molecule has 2 aromatic rings. The second kappa shape index (κ2) is 3.65. The molecule has 17 heavy (non-hydrogen) atoms. The van der Waals surface area contributed by atoms with Gasteiger partial charge in [0, 0.05) is 12.3 Å². The summed E-state index contributed by atoms with van der Waals surface area (Å²) in [6.07, 6.45) is -3.70. The third-order valence-corrected chi connectivity index (χ3v) is 2.05. The van der Waals surface area contributed by atoms with Gasteiger partial charge in [0.05, 0.1) is 5.56 Å². The van der Waals surface area contributed by atoms with Crippen LogP contribution < -0.4 is 11.5 Å². The van der Waals surface area contributed by atoms with Crippen LogP contribution in [0.1, 0.15) is 5.56 Å². The molecular formula is C9H8F3N5. The van der Waals surface area contributed by atoms with E-state index in [4.69, 9.17) is 11.5 Å². The zero-order chi connectivity index (χ0) is 12.6. The van der Waals surface area contributed by atoms with Crippen molar-refractivity contribution in [1.82, 2.24) is 14.8 Å². The minimum Gasteiger partial charge on any atom is -0.383 e. The summed E-state index contributed by atoms with van der Waals surface area (Å²) in [7, 11) is 0. The van der Waals surface area contributed by atoms with Crippen LogP contribution in [0.15, 0.2) is 24.4 Å². The van der Waals surface area contributed by atoms with Gasteiger partial charge in [-0.25, -0.2) is 4.98 Å². The van der Waals surface area contributed by atoms with E-state index in [0.717, 1.165) is 10.7 Å². The number of hydrogen-bond acceptors (Lipinski definition) is 4. The van der Waals surface area contributed by atoms with Crippen LogP contribution in [-0.2, 0) is 6.18 Å². The van der Waals surface area contributed by atoms with Crippen LogP contribution in [0.3, 0.4) is 0 Å². The van der Waals surface area contributed by atoms with Gasteiger partial charge in [-0.3, -0.25) is 0 Å². The average molecular weight is 243 g/mol. The number of nitrogen functional groups attached to an aromatic ring is 2. The van der Waals surface area contributed by atoms with Gasteiger partial charge in [0.25, 0.3) is 0 Å². The molecule has 0 aliphatic heterocycles. The van der Waals surface area contributed by atoms with E-state index in [-0.39, 0.29) is 17.5 Å². The number of nitrogens with zero attached hydrogens (tertiary/aromatic N) is 3. The zero-order valence-corrected chi connectivity index (χ0v) is 8.44. The maximum absolute atomic E-state index is 12.3. The molecule has 2 aromatic heterocycles. The first kappa shape index (κ1) is 11.2. The predicted octanol–water partition coefficient (Wildman–Crippen LogP) is 1.45. The third kappa shape index (κ3) is 2.14. The molecule has 0 spiro atoms. The molecule has 0 aliphatic rings. The maximum Gasteiger partial charge on any atom is 0.417 e. The lowest BCUT2D eigenvalue weighted by atomic mass is 10.3. The summed E-state index contributed by atoms with van der Waals surface area (Å²) in [6.45, 7) is 0. The van der Waals surface area contributed by atoms with Gasteiger partial charge in [-0.1, -0.05) is 0 Å². The smallest absolute Gasteiger partial charge is 0.383 e. The van der Waals surface area contributed by atoms with Crippen LogP contribution in [0.25, 0.3) is 5.82 Å². The SMILES string of the molecule is Nc1cc(N)n(-c2ccc(C(F)(F)F)cn2)n1. The molecule has 0 radical (unpaired) electrons. The Balaban J connectivity index is 2.39. The van der Waals surface area contributed by atoms with Crippen molar-refractivity contribution in [1.29, 1.82) is 0 Å². The van der Waals surface area contributed by atoms with Gasteiger partial charge >= 0.3 is 6.18 Å². The fourth-order valence-corrected chi connectivity index (χ4v) is 1.28. The Labute approximate surface area is 93.9 Å². The van der Waals surface area contributed by atoms with E-state index in [1.807, 2.05) is 0 Å². The largest absolute Gasteiger partial charge is 0.417 e. The van der Waals surface area contributed by atoms with Crippen LogP contribution in [0.2, 0.25) is 0 Å². The Morgan fingerprint density at radius 1 is 1.18 bits per heavy atom. The van der Waals surface area contributed by atoms with Crippen molar-refractivity contribution in [2.75, 3.05) is 11.5 Å². The summed E-state index contributed by atoms with van der Waals surface area (Å²) in [5, 5.41) is 3.80. The van der Waals surface area contributed by atoms with Crippen LogP contribution >= 0.6 is 0 Å². The summed E-state index contributed by atoms with van der Waals surface area (Å²) >= 11 is 0. The predicted molar refractivity (Wildman–Crippen MR) is 55.2 cm³/mol. The van der Waals surface area contributed by atoms with Crippen LogP contribution in [-0.4, -0.2) is 14.8 Å². The quantitative estimate of drug-likeness (QED) is 0.794. The molecule has 4 N–H and O–H groups in total. The second-order valence-corrected chi connectivity index (χ2v) is 3.31. The first-order valence-corrected chi connectivity index (χ1v) is 4.52. The molecule has 0 aromatic carbocycles. The number of nitrogens with two attached hydrogens (primary N) is 2. The van der Waals surface area contributed by atoms with Gasteiger partial charge in [0.2, 0.25) is 0 Å². The van der Waals surface area contributed by atoms with Crippen molar-refractivity contribution >= 4 is 11.6 Å². The highest BCUT2D eigenvalue weighted by molar-refractivity contribution is 5.46. The molecule has 8 heteroatoms. The fraction of sp³-hybridized carbons (Fsp3) is 0.111. The first-order valence-electron chi connectivity index (χ1n) is 4.52. The normalized spacial score (nSPS) is 11.7. The van der Waals surface area contributed by atoms with Crippen molar-refractivity contribution in [3.05, 3.63) is 30.0 Å². The number of alkyl halides is 3. The molecule has 0 saturated heterocycles. The van der Waals surface area contributed by atoms with E-state index in [2.05, 4.69) is 10.1 Å². The molecule has 2 heterocycles. The number of aromatic nitrogens is 3. The van der Waals surface area contributed by atoms with E-state index < -0.39 is 11.7 Å². The summed E-state index contributed by atoms with van der Waals surface area (Å²) in [4.78, 5) is 3.63. The number of hydrogen-bond donors (Lipinski definition) is 2. The summed E-state index contributed by atoms with van der Waals surface area (Å²) < 4.78 is 38.1. The number of pyridine rings is 1. The molecule has 0 bridgehead atoms. The molecule has 0 fully saturated rings. The lowest BCUT2D eigenvalue weighted by Crippen LogP contribution is -2.08. The summed E-state index contributed by atoms with van der Waals surface area (Å²) in [6, 6.07) is 3.46. The van der Waals surface area contributed by atoms with E-state index in [9.17, 15) is 13.2 Å². The highest BCUT2D eigenvalue weighted by atomic mass is 19.4. The second-order valence-electron chi connectivity index (χ2n) is 3.31. The van der Waals surface area contributed by atoms with Crippen LogP contribution in [0.5, 0.6) is 0 Å². The van der Waals surface area contributed by atoms with E-state index >= 15 is 0 Å². The van der Waals surface area contributed by atoms with Crippen molar-refractivity contribution in [3.8, 4) is 5.82 Å². The van der Waals surface area contributed by atoms with Gasteiger partial charge in [-0.05, 0) is 12.1 Å². The molecule has 0 atom stereocenters. The summed E-state index contributed by atoms with van der Waals surface area (Å²) in [5.41, 5.74) is 10.1. The van der Waals surface area contributed by atoms with Crippen molar-refractivity contribution in [2.45, 2.75) is 6.18 Å². The van der Waals surface area contributed by atoms with E-state index in [1.165, 1.54) is 12.1 Å². The highest BCUT2D eigenvalue weighted by Crippen LogP contribution is 2.28. The molecular weight excluding hydrogens is 235 g/mol. The molecule has 0 aliphatic carbocycles. The average Bonchev–Trinajstić information content (AvgIpc) is 2.57. The Morgan fingerprint density at radius 2 is 1.88 bits per heavy atom. The molecule has 5 nitrogen and oxygen atoms in total. The maximum atomic E-state index is 12.3. The van der Waals surface area contributed by atoms with Gasteiger partial charge in [-0.2, -0.15) is 17.9 Å². The van der Waals surface area contributed by atoms with Crippen molar-refractivity contribution in [2.24, 2.45) is 0 Å². The Morgan fingerprint density at radius 3 is 2.29 bits per heavy atom. The van der Waals surface area contributed by atoms with Crippen LogP contribution in [0, 0.1) is 0 Å².